The number of hydrogen-bond donors (Lipinski definition) is 1. The maximum absolute atomic E-state index is 11.3. The molecule has 4 heteroatoms. The fraction of sp³-hybridized carbons (Fsp3) is 0.375. The number of rotatable bonds is 2. The van der Waals surface area contributed by atoms with Crippen LogP contribution in [0.15, 0.2) is 24.4 Å². The Labute approximate surface area is 119 Å². The number of nitrogens with zero attached hydrogens (tertiary/aromatic N) is 2. The minimum absolute atomic E-state index is 0.0748. The molecule has 0 amide bonds. The molecule has 1 N–H and O–H groups in total. The second-order valence-electron chi connectivity index (χ2n) is 6.12. The summed E-state index contributed by atoms with van der Waals surface area (Å²) in [6, 6.07) is 6.16. The fourth-order valence-electron chi connectivity index (χ4n) is 2.31. The van der Waals surface area contributed by atoms with E-state index >= 15 is 0 Å². The molecular formula is C16H20N2O2. The van der Waals surface area contributed by atoms with Gasteiger partial charge in [-0.05, 0) is 23.5 Å². The topological polar surface area (TPSA) is 55.1 Å². The van der Waals surface area contributed by atoms with Crippen LogP contribution in [0.2, 0.25) is 0 Å². The van der Waals surface area contributed by atoms with Crippen molar-refractivity contribution in [1.29, 1.82) is 0 Å². The molecule has 2 rings (SSSR count). The highest BCUT2D eigenvalue weighted by atomic mass is 16.4. The SMILES string of the molecule is Cc1cc(C(C)(C)C)ccc1-c1c(C(=O)O)cnn1C. The molecule has 0 bridgehead atoms. The standard InChI is InChI=1S/C16H20N2O2/c1-10-8-11(16(2,3)4)6-7-12(10)14-13(15(19)20)9-17-18(14)5/h6-9H,1-5H3,(H,19,20). The van der Waals surface area contributed by atoms with Gasteiger partial charge in [0.1, 0.15) is 5.56 Å². The molecule has 0 spiro atoms. The van der Waals surface area contributed by atoms with Crippen LogP contribution in [0.25, 0.3) is 11.3 Å². The lowest BCUT2D eigenvalue weighted by Crippen LogP contribution is -2.11. The van der Waals surface area contributed by atoms with Crippen LogP contribution in [0.4, 0.5) is 0 Å². The molecule has 0 unspecified atom stereocenters. The van der Waals surface area contributed by atoms with Gasteiger partial charge in [0.15, 0.2) is 0 Å². The Bertz CT molecular complexity index is 664. The number of aryl methyl sites for hydroxylation is 2. The lowest BCUT2D eigenvalue weighted by Gasteiger charge is -2.20. The molecule has 0 atom stereocenters. The summed E-state index contributed by atoms with van der Waals surface area (Å²) in [7, 11) is 1.76. The van der Waals surface area contributed by atoms with E-state index in [1.807, 2.05) is 13.0 Å². The second-order valence-corrected chi connectivity index (χ2v) is 6.12. The third-order valence-electron chi connectivity index (χ3n) is 3.52. The molecule has 1 aromatic carbocycles. The third-order valence-corrected chi connectivity index (χ3v) is 3.52. The van der Waals surface area contributed by atoms with Crippen molar-refractivity contribution in [3.8, 4) is 11.3 Å². The van der Waals surface area contributed by atoms with Gasteiger partial charge in [-0.15, -0.1) is 0 Å². The quantitative estimate of drug-likeness (QED) is 0.911. The monoisotopic (exact) mass is 272 g/mol. The Morgan fingerprint density at radius 2 is 1.95 bits per heavy atom. The average Bonchev–Trinajstić information content (AvgIpc) is 2.70. The van der Waals surface area contributed by atoms with E-state index in [0.717, 1.165) is 11.1 Å². The highest BCUT2D eigenvalue weighted by Crippen LogP contribution is 2.30. The van der Waals surface area contributed by atoms with Gasteiger partial charge in [0.2, 0.25) is 0 Å². The van der Waals surface area contributed by atoms with E-state index in [4.69, 9.17) is 0 Å². The summed E-state index contributed by atoms with van der Waals surface area (Å²) in [5, 5.41) is 13.3. The summed E-state index contributed by atoms with van der Waals surface area (Å²) in [6.45, 7) is 8.49. The van der Waals surface area contributed by atoms with Gasteiger partial charge in [0.05, 0.1) is 11.9 Å². The van der Waals surface area contributed by atoms with E-state index in [0.29, 0.717) is 5.69 Å². The molecule has 20 heavy (non-hydrogen) atoms. The van der Waals surface area contributed by atoms with Crippen LogP contribution in [0.5, 0.6) is 0 Å². The summed E-state index contributed by atoms with van der Waals surface area (Å²) in [4.78, 5) is 11.3. The van der Waals surface area contributed by atoms with E-state index in [1.165, 1.54) is 11.8 Å². The van der Waals surface area contributed by atoms with Gasteiger partial charge in [0, 0.05) is 12.6 Å². The highest BCUT2D eigenvalue weighted by molar-refractivity contribution is 5.95. The number of carboxylic acids is 1. The van der Waals surface area contributed by atoms with Gasteiger partial charge in [0.25, 0.3) is 0 Å². The van der Waals surface area contributed by atoms with Crippen molar-refractivity contribution in [2.24, 2.45) is 7.05 Å². The summed E-state index contributed by atoms with van der Waals surface area (Å²) >= 11 is 0. The highest BCUT2D eigenvalue weighted by Gasteiger charge is 2.20. The van der Waals surface area contributed by atoms with Crippen molar-refractivity contribution in [3.05, 3.63) is 41.1 Å². The predicted octanol–water partition coefficient (Wildman–Crippen LogP) is 3.39. The smallest absolute Gasteiger partial charge is 0.339 e. The predicted molar refractivity (Wildman–Crippen MR) is 79.0 cm³/mol. The first-order valence-corrected chi connectivity index (χ1v) is 6.58. The Morgan fingerprint density at radius 3 is 2.45 bits per heavy atom. The number of hydrogen-bond acceptors (Lipinski definition) is 2. The maximum atomic E-state index is 11.3. The molecule has 106 valence electrons. The lowest BCUT2D eigenvalue weighted by atomic mass is 9.85. The average molecular weight is 272 g/mol. The van der Waals surface area contributed by atoms with Crippen molar-refractivity contribution >= 4 is 5.97 Å². The largest absolute Gasteiger partial charge is 0.478 e. The van der Waals surface area contributed by atoms with Crippen molar-refractivity contribution < 1.29 is 9.90 Å². The van der Waals surface area contributed by atoms with E-state index in [1.54, 1.807) is 11.7 Å². The van der Waals surface area contributed by atoms with Crippen LogP contribution in [-0.2, 0) is 12.5 Å². The molecule has 0 aliphatic heterocycles. The fourth-order valence-corrected chi connectivity index (χ4v) is 2.31. The Kier molecular flexibility index (Phi) is 3.42. The number of benzene rings is 1. The van der Waals surface area contributed by atoms with Crippen LogP contribution in [-0.4, -0.2) is 20.9 Å². The van der Waals surface area contributed by atoms with Crippen molar-refractivity contribution in [1.82, 2.24) is 9.78 Å². The number of carboxylic acid groups (broad SMARTS) is 1. The van der Waals surface area contributed by atoms with E-state index in [9.17, 15) is 9.90 Å². The van der Waals surface area contributed by atoms with Crippen LogP contribution < -0.4 is 0 Å². The molecule has 0 fully saturated rings. The summed E-state index contributed by atoms with van der Waals surface area (Å²) in [5.74, 6) is -0.951. The molecule has 0 saturated heterocycles. The van der Waals surface area contributed by atoms with E-state index in [2.05, 4.69) is 38.0 Å². The molecule has 1 aromatic heterocycles. The van der Waals surface area contributed by atoms with Crippen LogP contribution in [0.3, 0.4) is 0 Å². The van der Waals surface area contributed by atoms with Gasteiger partial charge in [-0.2, -0.15) is 5.10 Å². The minimum atomic E-state index is -0.951. The van der Waals surface area contributed by atoms with E-state index in [-0.39, 0.29) is 11.0 Å². The summed E-state index contributed by atoms with van der Waals surface area (Å²) in [5.41, 5.74) is 4.16. The Balaban J connectivity index is 2.60. The third kappa shape index (κ3) is 2.46. The lowest BCUT2D eigenvalue weighted by molar-refractivity contribution is 0.0697. The molecule has 0 aliphatic carbocycles. The Morgan fingerprint density at radius 1 is 1.30 bits per heavy atom. The molecule has 0 aliphatic rings. The second kappa shape index (κ2) is 4.78. The van der Waals surface area contributed by atoms with Gasteiger partial charge in [-0.3, -0.25) is 4.68 Å². The van der Waals surface area contributed by atoms with Crippen molar-refractivity contribution in [3.63, 3.8) is 0 Å². The van der Waals surface area contributed by atoms with Gasteiger partial charge >= 0.3 is 5.97 Å². The van der Waals surface area contributed by atoms with Gasteiger partial charge in [-0.1, -0.05) is 39.0 Å². The van der Waals surface area contributed by atoms with E-state index < -0.39 is 5.97 Å². The molecule has 4 nitrogen and oxygen atoms in total. The van der Waals surface area contributed by atoms with Crippen molar-refractivity contribution in [2.45, 2.75) is 33.1 Å². The van der Waals surface area contributed by atoms with Crippen LogP contribution >= 0.6 is 0 Å². The minimum Gasteiger partial charge on any atom is -0.478 e. The zero-order chi connectivity index (χ0) is 15.1. The number of carbonyl (C=O) groups is 1. The number of aromatic carboxylic acids is 1. The first kappa shape index (κ1) is 14.3. The zero-order valence-electron chi connectivity index (χ0n) is 12.6. The summed E-state index contributed by atoms with van der Waals surface area (Å²) < 4.78 is 1.61. The Hall–Kier alpha value is -2.10. The molecule has 2 aromatic rings. The molecule has 0 radical (unpaired) electrons. The van der Waals surface area contributed by atoms with Crippen molar-refractivity contribution in [2.75, 3.05) is 0 Å². The van der Waals surface area contributed by atoms with Crippen LogP contribution in [0, 0.1) is 6.92 Å². The number of aromatic nitrogens is 2. The normalized spacial score (nSPS) is 11.7. The van der Waals surface area contributed by atoms with Gasteiger partial charge in [-0.25, -0.2) is 4.79 Å². The molecule has 1 heterocycles. The molecule has 0 saturated carbocycles. The maximum Gasteiger partial charge on any atom is 0.339 e. The summed E-state index contributed by atoms with van der Waals surface area (Å²) in [6.07, 6.45) is 1.40. The first-order chi connectivity index (χ1) is 9.21. The zero-order valence-corrected chi connectivity index (χ0v) is 12.6. The van der Waals surface area contributed by atoms with Gasteiger partial charge < -0.3 is 5.11 Å². The first-order valence-electron chi connectivity index (χ1n) is 6.58. The molecular weight excluding hydrogens is 252 g/mol. The van der Waals surface area contributed by atoms with Crippen LogP contribution in [0.1, 0.15) is 42.3 Å².